The van der Waals surface area contributed by atoms with Gasteiger partial charge in [0.25, 0.3) is 0 Å². The van der Waals surface area contributed by atoms with Gasteiger partial charge in [0.2, 0.25) is 0 Å². The second-order valence-electron chi connectivity index (χ2n) is 3.14. The molecule has 0 saturated heterocycles. The van der Waals surface area contributed by atoms with E-state index in [9.17, 15) is 0 Å². The Bertz CT molecular complexity index is 618. The molecule has 16 heavy (non-hydrogen) atoms. The van der Waals surface area contributed by atoms with E-state index in [4.69, 9.17) is 16.0 Å². The first-order valence-electron chi connectivity index (χ1n) is 4.55. The molecular weight excluding hydrogens is 230 g/mol. The molecule has 0 aliphatic rings. The number of nitrogens with one attached hydrogen (secondary N) is 1. The Morgan fingerprint density at radius 3 is 3.00 bits per heavy atom. The molecule has 0 saturated carbocycles. The van der Waals surface area contributed by atoms with Crippen LogP contribution in [-0.4, -0.2) is 10.1 Å². The minimum Gasteiger partial charge on any atom is -0.423 e. The lowest BCUT2D eigenvalue weighted by atomic mass is 10.3. The predicted octanol–water partition coefficient (Wildman–Crippen LogP) is 3.21. The van der Waals surface area contributed by atoms with Crippen LogP contribution in [0, 0.1) is 0 Å². The van der Waals surface area contributed by atoms with Gasteiger partial charge >= 0.3 is 6.01 Å². The molecule has 0 aliphatic carbocycles. The maximum absolute atomic E-state index is 5.84. The van der Waals surface area contributed by atoms with Gasteiger partial charge in [-0.2, -0.15) is 4.98 Å². The zero-order chi connectivity index (χ0) is 11.0. The number of oxazole rings is 1. The van der Waals surface area contributed by atoms with Gasteiger partial charge in [-0.25, -0.2) is 0 Å². The average Bonchev–Trinajstić information content (AvgIpc) is 2.86. The van der Waals surface area contributed by atoms with Crippen molar-refractivity contribution in [3.63, 3.8) is 0 Å². The number of hydrogen-bond donors (Lipinski definition) is 1. The summed E-state index contributed by atoms with van der Waals surface area (Å²) in [6.45, 7) is 0. The van der Waals surface area contributed by atoms with Crippen molar-refractivity contribution < 1.29 is 8.94 Å². The van der Waals surface area contributed by atoms with Gasteiger partial charge in [0, 0.05) is 17.2 Å². The Morgan fingerprint density at radius 1 is 1.25 bits per heavy atom. The topological polar surface area (TPSA) is 64.1 Å². The summed E-state index contributed by atoms with van der Waals surface area (Å²) in [6, 6.07) is 7.27. The minimum absolute atomic E-state index is 0.353. The normalized spacial score (nSPS) is 10.8. The molecule has 0 aliphatic heterocycles. The summed E-state index contributed by atoms with van der Waals surface area (Å²) in [6.07, 6.45) is 1.46. The number of fused-ring (bicyclic) bond motifs is 1. The van der Waals surface area contributed by atoms with Crippen LogP contribution in [0.15, 0.2) is 39.5 Å². The Hall–Kier alpha value is -2.01. The molecule has 80 valence electrons. The maximum atomic E-state index is 5.84. The third-order valence-electron chi connectivity index (χ3n) is 2.02. The minimum atomic E-state index is 0.353. The Morgan fingerprint density at radius 2 is 2.19 bits per heavy atom. The molecule has 3 aromatic rings. The van der Waals surface area contributed by atoms with Gasteiger partial charge in [0.15, 0.2) is 11.4 Å². The molecular formula is C10H6ClN3O2. The van der Waals surface area contributed by atoms with E-state index >= 15 is 0 Å². The number of hydrogen-bond acceptors (Lipinski definition) is 5. The number of aromatic nitrogens is 2. The molecule has 0 bridgehead atoms. The lowest BCUT2D eigenvalue weighted by molar-refractivity contribution is 0.422. The van der Waals surface area contributed by atoms with E-state index in [1.807, 2.05) is 0 Å². The average molecular weight is 236 g/mol. The smallest absolute Gasteiger partial charge is 0.301 e. The van der Waals surface area contributed by atoms with Gasteiger partial charge in [0.05, 0.1) is 0 Å². The molecule has 0 unspecified atom stereocenters. The first-order chi connectivity index (χ1) is 7.81. The SMILES string of the molecule is Clc1ccc2nc(Nc3ccon3)oc2c1. The lowest BCUT2D eigenvalue weighted by Gasteiger charge is -1.91. The van der Waals surface area contributed by atoms with Crippen LogP contribution in [0.4, 0.5) is 11.8 Å². The molecule has 6 heteroatoms. The summed E-state index contributed by atoms with van der Waals surface area (Å²) in [5, 5.41) is 7.16. The van der Waals surface area contributed by atoms with Crippen molar-refractivity contribution in [2.45, 2.75) is 0 Å². The fourth-order valence-electron chi connectivity index (χ4n) is 1.34. The van der Waals surface area contributed by atoms with E-state index in [0.29, 0.717) is 22.4 Å². The summed E-state index contributed by atoms with van der Waals surface area (Å²) >= 11 is 5.84. The van der Waals surface area contributed by atoms with Crippen molar-refractivity contribution in [1.29, 1.82) is 0 Å². The number of benzene rings is 1. The fourth-order valence-corrected chi connectivity index (χ4v) is 1.50. The standard InChI is InChI=1S/C10H6ClN3O2/c11-6-1-2-7-8(5-6)16-10(12-7)13-9-3-4-15-14-9/h1-5H,(H,12,13,14). The molecule has 1 N–H and O–H groups in total. The van der Waals surface area contributed by atoms with Gasteiger partial charge in [-0.15, -0.1) is 0 Å². The molecule has 2 heterocycles. The monoisotopic (exact) mass is 235 g/mol. The van der Waals surface area contributed by atoms with Crippen LogP contribution in [0.1, 0.15) is 0 Å². The van der Waals surface area contributed by atoms with E-state index in [1.165, 1.54) is 6.26 Å². The number of rotatable bonds is 2. The zero-order valence-electron chi connectivity index (χ0n) is 7.98. The highest BCUT2D eigenvalue weighted by molar-refractivity contribution is 6.31. The molecule has 0 radical (unpaired) electrons. The van der Waals surface area contributed by atoms with Crippen LogP contribution in [0.25, 0.3) is 11.1 Å². The van der Waals surface area contributed by atoms with E-state index in [2.05, 4.69) is 20.0 Å². The van der Waals surface area contributed by atoms with Crippen molar-refractivity contribution in [2.75, 3.05) is 5.32 Å². The third-order valence-corrected chi connectivity index (χ3v) is 2.26. The first-order valence-corrected chi connectivity index (χ1v) is 4.92. The highest BCUT2D eigenvalue weighted by Crippen LogP contribution is 2.23. The lowest BCUT2D eigenvalue weighted by Crippen LogP contribution is -1.88. The molecule has 0 fully saturated rings. The van der Waals surface area contributed by atoms with Gasteiger partial charge in [0.1, 0.15) is 11.8 Å². The second-order valence-corrected chi connectivity index (χ2v) is 3.58. The van der Waals surface area contributed by atoms with Crippen LogP contribution < -0.4 is 5.32 Å². The quantitative estimate of drug-likeness (QED) is 0.739. The molecule has 0 atom stereocenters. The van der Waals surface area contributed by atoms with Crippen molar-refractivity contribution in [3.05, 3.63) is 35.6 Å². The van der Waals surface area contributed by atoms with Gasteiger partial charge < -0.3 is 8.94 Å². The fraction of sp³-hybridized carbons (Fsp3) is 0. The molecule has 5 nitrogen and oxygen atoms in total. The van der Waals surface area contributed by atoms with Crippen LogP contribution in [-0.2, 0) is 0 Å². The molecule has 3 rings (SSSR count). The number of halogens is 1. The number of nitrogens with zero attached hydrogens (tertiary/aromatic N) is 2. The summed E-state index contributed by atoms with van der Waals surface area (Å²) in [5.74, 6) is 0.539. The van der Waals surface area contributed by atoms with E-state index in [1.54, 1.807) is 24.3 Å². The van der Waals surface area contributed by atoms with E-state index in [0.717, 1.165) is 5.52 Å². The first kappa shape index (κ1) is 9.23. The van der Waals surface area contributed by atoms with Crippen molar-refractivity contribution >= 4 is 34.5 Å². The molecule has 2 aromatic heterocycles. The van der Waals surface area contributed by atoms with Gasteiger partial charge in [-0.3, -0.25) is 5.32 Å². The molecule has 0 amide bonds. The maximum Gasteiger partial charge on any atom is 0.301 e. The summed E-state index contributed by atoms with van der Waals surface area (Å²) in [4.78, 5) is 4.21. The predicted molar refractivity (Wildman–Crippen MR) is 58.8 cm³/mol. The van der Waals surface area contributed by atoms with Gasteiger partial charge in [-0.1, -0.05) is 16.8 Å². The Kier molecular flexibility index (Phi) is 2.04. The van der Waals surface area contributed by atoms with Gasteiger partial charge in [-0.05, 0) is 12.1 Å². The Labute approximate surface area is 95.0 Å². The summed E-state index contributed by atoms with van der Waals surface area (Å²) < 4.78 is 10.1. The highest BCUT2D eigenvalue weighted by Gasteiger charge is 2.07. The van der Waals surface area contributed by atoms with Crippen LogP contribution in [0.5, 0.6) is 0 Å². The van der Waals surface area contributed by atoms with Crippen LogP contribution in [0.3, 0.4) is 0 Å². The van der Waals surface area contributed by atoms with E-state index < -0.39 is 0 Å². The molecule has 1 aromatic carbocycles. The summed E-state index contributed by atoms with van der Waals surface area (Å²) in [7, 11) is 0. The van der Waals surface area contributed by atoms with Crippen molar-refractivity contribution in [1.82, 2.24) is 10.1 Å². The van der Waals surface area contributed by atoms with E-state index in [-0.39, 0.29) is 0 Å². The molecule has 0 spiro atoms. The van der Waals surface area contributed by atoms with Crippen molar-refractivity contribution in [3.8, 4) is 0 Å². The Balaban J connectivity index is 1.99. The zero-order valence-corrected chi connectivity index (χ0v) is 8.73. The largest absolute Gasteiger partial charge is 0.423 e. The third kappa shape index (κ3) is 1.61. The highest BCUT2D eigenvalue weighted by atomic mass is 35.5. The van der Waals surface area contributed by atoms with Crippen LogP contribution >= 0.6 is 11.6 Å². The summed E-state index contributed by atoms with van der Waals surface area (Å²) in [5.41, 5.74) is 1.36. The van der Waals surface area contributed by atoms with Crippen LogP contribution in [0.2, 0.25) is 5.02 Å². The number of anilines is 2. The second kappa shape index (κ2) is 3.53. The van der Waals surface area contributed by atoms with Crippen molar-refractivity contribution in [2.24, 2.45) is 0 Å².